The van der Waals surface area contributed by atoms with Crippen LogP contribution in [0.3, 0.4) is 0 Å². The third-order valence-corrected chi connectivity index (χ3v) is 5.32. The fraction of sp³-hybridized carbons (Fsp3) is 0.381. The van der Waals surface area contributed by atoms with E-state index in [2.05, 4.69) is 38.2 Å². The Morgan fingerprint density at radius 3 is 2.80 bits per heavy atom. The summed E-state index contributed by atoms with van der Waals surface area (Å²) in [6.45, 7) is 9.88. The molecule has 160 valence electrons. The molecule has 0 aliphatic carbocycles. The quantitative estimate of drug-likeness (QED) is 0.555. The molecule has 2 heterocycles. The first kappa shape index (κ1) is 21.8. The minimum Gasteiger partial charge on any atom is -0.490 e. The average molecular weight is 429 g/mol. The molecule has 0 spiro atoms. The molecule has 0 saturated carbocycles. The van der Waals surface area contributed by atoms with Crippen molar-refractivity contribution in [3.8, 4) is 5.75 Å². The van der Waals surface area contributed by atoms with E-state index < -0.39 is 5.54 Å². The topological polar surface area (TPSA) is 105 Å². The van der Waals surface area contributed by atoms with E-state index in [9.17, 15) is 4.79 Å². The standard InChI is InChI=1S/C21H28N6O2S/c1-5-27(6-2)17-12-14(10-11-23-17)20(28)24-21(3,4)13-29-16-9-7-8-15-18(16)19(22)26-30-25-15/h7-12,25H,5-6,13H2,1-4H3,(H2,22,26)(H,24,28). The fourth-order valence-corrected chi connectivity index (χ4v) is 3.63. The molecule has 0 radical (unpaired) electrons. The van der Waals surface area contributed by atoms with Crippen molar-refractivity contribution in [3.05, 3.63) is 47.7 Å². The average Bonchev–Trinajstić information content (AvgIpc) is 2.73. The van der Waals surface area contributed by atoms with E-state index in [1.165, 1.54) is 12.1 Å². The van der Waals surface area contributed by atoms with E-state index in [-0.39, 0.29) is 12.5 Å². The second-order valence-corrected chi connectivity index (χ2v) is 8.12. The van der Waals surface area contributed by atoms with Gasteiger partial charge in [0.2, 0.25) is 0 Å². The van der Waals surface area contributed by atoms with Crippen molar-refractivity contribution in [2.75, 3.05) is 29.3 Å². The molecule has 2 aromatic rings. The lowest BCUT2D eigenvalue weighted by molar-refractivity contribution is 0.0880. The molecule has 3 rings (SSSR count). The Bertz CT molecular complexity index is 943. The van der Waals surface area contributed by atoms with Crippen LogP contribution in [0, 0.1) is 0 Å². The van der Waals surface area contributed by atoms with Crippen LogP contribution < -0.4 is 25.4 Å². The maximum Gasteiger partial charge on any atom is 0.252 e. The number of fused-ring (bicyclic) bond motifs is 1. The van der Waals surface area contributed by atoms with Gasteiger partial charge < -0.3 is 25.4 Å². The van der Waals surface area contributed by atoms with Crippen LogP contribution in [0.4, 0.5) is 11.5 Å². The number of anilines is 2. The van der Waals surface area contributed by atoms with Gasteiger partial charge in [-0.1, -0.05) is 6.07 Å². The molecule has 0 bridgehead atoms. The number of rotatable bonds is 8. The lowest BCUT2D eigenvalue weighted by atomic mass is 10.1. The van der Waals surface area contributed by atoms with Gasteiger partial charge in [-0.3, -0.25) is 4.79 Å². The Morgan fingerprint density at radius 2 is 2.07 bits per heavy atom. The molecule has 9 heteroatoms. The first-order valence-corrected chi connectivity index (χ1v) is 10.7. The van der Waals surface area contributed by atoms with E-state index in [1.54, 1.807) is 12.3 Å². The van der Waals surface area contributed by atoms with Crippen molar-refractivity contribution in [1.82, 2.24) is 10.3 Å². The summed E-state index contributed by atoms with van der Waals surface area (Å²) in [6.07, 6.45) is 1.66. The van der Waals surface area contributed by atoms with Crippen molar-refractivity contribution in [1.29, 1.82) is 0 Å². The normalized spacial score (nSPS) is 13.0. The first-order chi connectivity index (χ1) is 14.3. The van der Waals surface area contributed by atoms with Crippen molar-refractivity contribution in [3.63, 3.8) is 0 Å². The maximum absolute atomic E-state index is 12.8. The number of hydrogen-bond donors (Lipinski definition) is 3. The molecule has 30 heavy (non-hydrogen) atoms. The van der Waals surface area contributed by atoms with Crippen molar-refractivity contribution < 1.29 is 9.53 Å². The molecule has 0 unspecified atom stereocenters. The molecule has 0 saturated heterocycles. The summed E-state index contributed by atoms with van der Waals surface area (Å²) in [7, 11) is 0. The Balaban J connectivity index is 1.69. The smallest absolute Gasteiger partial charge is 0.252 e. The number of amidine groups is 1. The highest BCUT2D eigenvalue weighted by atomic mass is 32.2. The summed E-state index contributed by atoms with van der Waals surface area (Å²) in [5, 5.41) is 3.04. The largest absolute Gasteiger partial charge is 0.490 e. The number of carbonyl (C=O) groups is 1. The molecular weight excluding hydrogens is 400 g/mol. The summed E-state index contributed by atoms with van der Waals surface area (Å²) < 4.78 is 13.3. The van der Waals surface area contributed by atoms with Crippen LogP contribution in [0.25, 0.3) is 0 Å². The van der Waals surface area contributed by atoms with Gasteiger partial charge in [0, 0.05) is 24.8 Å². The monoisotopic (exact) mass is 428 g/mol. The number of benzene rings is 1. The minimum atomic E-state index is -0.610. The number of hydrogen-bond acceptors (Lipinski definition) is 8. The van der Waals surface area contributed by atoms with Gasteiger partial charge in [-0.15, -0.1) is 0 Å². The van der Waals surface area contributed by atoms with Gasteiger partial charge in [-0.2, -0.15) is 4.40 Å². The second-order valence-electron chi connectivity index (χ2n) is 7.55. The van der Waals surface area contributed by atoms with Crippen molar-refractivity contribution in [2.24, 2.45) is 10.1 Å². The zero-order valence-corrected chi connectivity index (χ0v) is 18.5. The zero-order chi connectivity index (χ0) is 21.7. The van der Waals surface area contributed by atoms with Crippen LogP contribution in [0.15, 0.2) is 40.9 Å². The number of amides is 1. The lowest BCUT2D eigenvalue weighted by Crippen LogP contribution is -2.48. The predicted octanol–water partition coefficient (Wildman–Crippen LogP) is 3.21. The summed E-state index contributed by atoms with van der Waals surface area (Å²) in [6, 6.07) is 9.18. The van der Waals surface area contributed by atoms with E-state index in [0.717, 1.165) is 30.2 Å². The Labute approximate surface area is 181 Å². The van der Waals surface area contributed by atoms with E-state index in [0.29, 0.717) is 17.1 Å². The van der Waals surface area contributed by atoms with Crippen LogP contribution in [-0.4, -0.2) is 42.0 Å². The SMILES string of the molecule is CCN(CC)c1cc(C(=O)NC(C)(C)COc2cccc3c2C(N)=NSN3)ccn1. The number of nitrogens with one attached hydrogen (secondary N) is 2. The molecule has 8 nitrogen and oxygen atoms in total. The van der Waals surface area contributed by atoms with E-state index in [4.69, 9.17) is 10.5 Å². The number of nitrogens with zero attached hydrogens (tertiary/aromatic N) is 3. The van der Waals surface area contributed by atoms with Crippen LogP contribution in [-0.2, 0) is 0 Å². The Kier molecular flexibility index (Phi) is 6.71. The second kappa shape index (κ2) is 9.25. The Hall–Kier alpha value is -2.94. The van der Waals surface area contributed by atoms with Crippen LogP contribution in [0.5, 0.6) is 5.75 Å². The molecular formula is C21H28N6O2S. The van der Waals surface area contributed by atoms with Crippen LogP contribution in [0.2, 0.25) is 0 Å². The maximum atomic E-state index is 12.8. The third-order valence-electron chi connectivity index (χ3n) is 4.72. The van der Waals surface area contributed by atoms with Crippen molar-refractivity contribution >= 4 is 35.4 Å². The predicted molar refractivity (Wildman–Crippen MR) is 123 cm³/mol. The molecule has 1 aliphatic rings. The van der Waals surface area contributed by atoms with Crippen molar-refractivity contribution in [2.45, 2.75) is 33.2 Å². The van der Waals surface area contributed by atoms with Gasteiger partial charge in [0.1, 0.15) is 24.0 Å². The van der Waals surface area contributed by atoms with Gasteiger partial charge in [0.15, 0.2) is 0 Å². The number of pyridine rings is 1. The van der Waals surface area contributed by atoms with Gasteiger partial charge in [0.05, 0.1) is 28.9 Å². The Morgan fingerprint density at radius 1 is 1.30 bits per heavy atom. The number of aromatic nitrogens is 1. The highest BCUT2D eigenvalue weighted by Crippen LogP contribution is 2.32. The summed E-state index contributed by atoms with van der Waals surface area (Å²) in [5.74, 6) is 1.65. The highest BCUT2D eigenvalue weighted by Gasteiger charge is 2.25. The van der Waals surface area contributed by atoms with Gasteiger partial charge in [-0.25, -0.2) is 4.98 Å². The lowest BCUT2D eigenvalue weighted by Gasteiger charge is -2.28. The van der Waals surface area contributed by atoms with Gasteiger partial charge in [0.25, 0.3) is 5.91 Å². The minimum absolute atomic E-state index is 0.173. The molecule has 1 aromatic carbocycles. The molecule has 0 atom stereocenters. The van der Waals surface area contributed by atoms with E-state index >= 15 is 0 Å². The fourth-order valence-electron chi connectivity index (χ4n) is 3.12. The molecule has 1 aliphatic heterocycles. The van der Waals surface area contributed by atoms with Crippen LogP contribution in [0.1, 0.15) is 43.6 Å². The highest BCUT2D eigenvalue weighted by molar-refractivity contribution is 7.99. The van der Waals surface area contributed by atoms with Gasteiger partial charge >= 0.3 is 0 Å². The zero-order valence-electron chi connectivity index (χ0n) is 17.7. The summed E-state index contributed by atoms with van der Waals surface area (Å²) in [4.78, 5) is 19.3. The van der Waals surface area contributed by atoms with Gasteiger partial charge in [-0.05, 0) is 52.0 Å². The third kappa shape index (κ3) is 4.96. The molecule has 4 N–H and O–H groups in total. The molecule has 1 aromatic heterocycles. The molecule has 1 amide bonds. The number of nitrogens with two attached hydrogens (primary N) is 1. The number of ether oxygens (including phenoxy) is 1. The molecule has 0 fully saturated rings. The summed E-state index contributed by atoms with van der Waals surface area (Å²) >= 11 is 1.18. The first-order valence-electron chi connectivity index (χ1n) is 9.89. The van der Waals surface area contributed by atoms with E-state index in [1.807, 2.05) is 38.1 Å². The van der Waals surface area contributed by atoms with Crippen LogP contribution >= 0.6 is 12.1 Å². The number of carbonyl (C=O) groups excluding carboxylic acids is 1. The summed E-state index contributed by atoms with van der Waals surface area (Å²) in [5.41, 5.74) is 7.58.